The van der Waals surface area contributed by atoms with E-state index < -0.39 is 11.4 Å². The van der Waals surface area contributed by atoms with E-state index in [1.165, 1.54) is 25.7 Å². The standard InChI is InChI=1S/C16H27NO2/c1-2-5-16(15(18)19)6-8-17(9-7-16)14-11-12-3-4-13(14)10-12/h12-14H,2-11H2,1H3,(H,18,19). The number of carboxylic acid groups (broad SMARTS) is 1. The minimum Gasteiger partial charge on any atom is -0.481 e. The number of hydrogen-bond acceptors (Lipinski definition) is 2. The maximum absolute atomic E-state index is 11.6. The van der Waals surface area contributed by atoms with Crippen molar-refractivity contribution in [3.63, 3.8) is 0 Å². The van der Waals surface area contributed by atoms with Crippen LogP contribution in [0.5, 0.6) is 0 Å². The summed E-state index contributed by atoms with van der Waals surface area (Å²) in [6, 6.07) is 0.784. The Morgan fingerprint density at radius 2 is 2.00 bits per heavy atom. The fraction of sp³-hybridized carbons (Fsp3) is 0.938. The first-order valence-corrected chi connectivity index (χ1v) is 8.12. The minimum atomic E-state index is -0.554. The van der Waals surface area contributed by atoms with Crippen LogP contribution in [0.2, 0.25) is 0 Å². The summed E-state index contributed by atoms with van der Waals surface area (Å²) in [6.07, 6.45) is 9.27. The van der Waals surface area contributed by atoms with Crippen LogP contribution in [-0.2, 0) is 4.79 Å². The van der Waals surface area contributed by atoms with Crippen molar-refractivity contribution in [2.24, 2.45) is 17.3 Å². The number of nitrogens with zero attached hydrogens (tertiary/aromatic N) is 1. The fourth-order valence-electron chi connectivity index (χ4n) is 4.99. The third kappa shape index (κ3) is 2.31. The highest BCUT2D eigenvalue weighted by Gasteiger charge is 2.46. The maximum Gasteiger partial charge on any atom is 0.309 e. The van der Waals surface area contributed by atoms with E-state index in [4.69, 9.17) is 0 Å². The molecular formula is C16H27NO2. The van der Waals surface area contributed by atoms with E-state index in [0.717, 1.165) is 56.7 Å². The molecule has 0 aromatic rings. The second-order valence-corrected chi connectivity index (χ2v) is 7.11. The van der Waals surface area contributed by atoms with Gasteiger partial charge in [0, 0.05) is 6.04 Å². The Hall–Kier alpha value is -0.570. The third-order valence-corrected chi connectivity index (χ3v) is 6.11. The highest BCUT2D eigenvalue weighted by atomic mass is 16.4. The fourth-order valence-corrected chi connectivity index (χ4v) is 4.99. The van der Waals surface area contributed by atoms with Crippen LogP contribution in [0.4, 0.5) is 0 Å². The average Bonchev–Trinajstić information content (AvgIpc) is 3.02. The molecule has 3 aliphatic rings. The van der Waals surface area contributed by atoms with Crippen LogP contribution in [0.1, 0.15) is 58.3 Å². The Morgan fingerprint density at radius 1 is 1.26 bits per heavy atom. The molecule has 19 heavy (non-hydrogen) atoms. The van der Waals surface area contributed by atoms with Gasteiger partial charge >= 0.3 is 5.97 Å². The molecule has 1 N–H and O–H groups in total. The van der Waals surface area contributed by atoms with Crippen molar-refractivity contribution in [1.82, 2.24) is 4.90 Å². The van der Waals surface area contributed by atoms with E-state index >= 15 is 0 Å². The maximum atomic E-state index is 11.6. The first kappa shape index (κ1) is 13.4. The second kappa shape index (κ2) is 5.08. The van der Waals surface area contributed by atoms with Gasteiger partial charge in [-0.25, -0.2) is 0 Å². The molecule has 108 valence electrons. The van der Waals surface area contributed by atoms with Crippen molar-refractivity contribution in [3.8, 4) is 0 Å². The molecule has 2 aliphatic carbocycles. The van der Waals surface area contributed by atoms with Crippen molar-refractivity contribution >= 4 is 5.97 Å². The number of hydrogen-bond donors (Lipinski definition) is 1. The number of fused-ring (bicyclic) bond motifs is 2. The molecule has 1 saturated heterocycles. The van der Waals surface area contributed by atoms with Gasteiger partial charge in [0.1, 0.15) is 0 Å². The van der Waals surface area contributed by atoms with Crippen LogP contribution in [-0.4, -0.2) is 35.1 Å². The molecule has 0 amide bonds. The quantitative estimate of drug-likeness (QED) is 0.849. The number of carboxylic acids is 1. The molecule has 2 saturated carbocycles. The zero-order chi connectivity index (χ0) is 13.5. The summed E-state index contributed by atoms with van der Waals surface area (Å²) >= 11 is 0. The number of carbonyl (C=O) groups is 1. The van der Waals surface area contributed by atoms with Crippen molar-refractivity contribution in [2.75, 3.05) is 13.1 Å². The largest absolute Gasteiger partial charge is 0.481 e. The second-order valence-electron chi connectivity index (χ2n) is 7.11. The van der Waals surface area contributed by atoms with Crippen LogP contribution >= 0.6 is 0 Å². The smallest absolute Gasteiger partial charge is 0.309 e. The Labute approximate surface area is 116 Å². The van der Waals surface area contributed by atoms with E-state index in [2.05, 4.69) is 11.8 Å². The molecule has 3 fully saturated rings. The monoisotopic (exact) mass is 265 g/mol. The number of piperidine rings is 1. The predicted molar refractivity (Wildman–Crippen MR) is 75.0 cm³/mol. The number of aliphatic carboxylic acids is 1. The molecule has 0 spiro atoms. The predicted octanol–water partition coefficient (Wildman–Crippen LogP) is 3.14. The first-order valence-electron chi connectivity index (χ1n) is 8.12. The SMILES string of the molecule is CCCC1(C(=O)O)CCN(C2CC3CCC2C3)CC1. The molecular weight excluding hydrogens is 238 g/mol. The van der Waals surface area contributed by atoms with Gasteiger partial charge in [-0.3, -0.25) is 4.79 Å². The number of likely N-dealkylation sites (tertiary alicyclic amines) is 1. The summed E-state index contributed by atoms with van der Waals surface area (Å²) in [5, 5.41) is 9.56. The molecule has 0 aromatic heterocycles. The molecule has 3 rings (SSSR count). The molecule has 1 heterocycles. The number of rotatable bonds is 4. The Balaban J connectivity index is 1.61. The topological polar surface area (TPSA) is 40.5 Å². The molecule has 3 unspecified atom stereocenters. The Bertz CT molecular complexity index is 347. The molecule has 0 aromatic carbocycles. The van der Waals surface area contributed by atoms with Crippen LogP contribution in [0, 0.1) is 17.3 Å². The van der Waals surface area contributed by atoms with Gasteiger partial charge < -0.3 is 10.0 Å². The van der Waals surface area contributed by atoms with E-state index in [9.17, 15) is 9.90 Å². The van der Waals surface area contributed by atoms with E-state index in [1.807, 2.05) is 0 Å². The van der Waals surface area contributed by atoms with Gasteiger partial charge in [-0.15, -0.1) is 0 Å². The lowest BCUT2D eigenvalue weighted by Gasteiger charge is -2.43. The average molecular weight is 265 g/mol. The Kier molecular flexibility index (Phi) is 3.59. The molecule has 3 nitrogen and oxygen atoms in total. The van der Waals surface area contributed by atoms with Crippen molar-refractivity contribution in [1.29, 1.82) is 0 Å². The molecule has 2 bridgehead atoms. The van der Waals surface area contributed by atoms with Gasteiger partial charge in [0.2, 0.25) is 0 Å². The van der Waals surface area contributed by atoms with E-state index in [-0.39, 0.29) is 0 Å². The van der Waals surface area contributed by atoms with Crippen LogP contribution in [0.15, 0.2) is 0 Å². The van der Waals surface area contributed by atoms with Gasteiger partial charge in [0.25, 0.3) is 0 Å². The molecule has 3 atom stereocenters. The minimum absolute atomic E-state index is 0.414. The summed E-state index contributed by atoms with van der Waals surface area (Å²) in [5.41, 5.74) is -0.414. The van der Waals surface area contributed by atoms with Gasteiger partial charge in [0.05, 0.1) is 5.41 Å². The molecule has 1 aliphatic heterocycles. The zero-order valence-corrected chi connectivity index (χ0v) is 12.1. The lowest BCUT2D eigenvalue weighted by atomic mass is 9.74. The van der Waals surface area contributed by atoms with E-state index in [0.29, 0.717) is 0 Å². The normalized spacial score (nSPS) is 37.6. The lowest BCUT2D eigenvalue weighted by molar-refractivity contribution is -0.153. The van der Waals surface area contributed by atoms with Crippen LogP contribution < -0.4 is 0 Å². The van der Waals surface area contributed by atoms with E-state index in [1.54, 1.807) is 0 Å². The van der Waals surface area contributed by atoms with Crippen LogP contribution in [0.25, 0.3) is 0 Å². The summed E-state index contributed by atoms with van der Waals surface area (Å²) in [6.45, 7) is 4.13. The highest BCUT2D eigenvalue weighted by Crippen LogP contribution is 2.48. The lowest BCUT2D eigenvalue weighted by Crippen LogP contribution is -2.49. The van der Waals surface area contributed by atoms with Gasteiger partial charge in [0.15, 0.2) is 0 Å². The van der Waals surface area contributed by atoms with Gasteiger partial charge in [-0.05, 0) is 63.5 Å². The highest BCUT2D eigenvalue weighted by molar-refractivity contribution is 5.74. The third-order valence-electron chi connectivity index (χ3n) is 6.11. The first-order chi connectivity index (χ1) is 9.14. The van der Waals surface area contributed by atoms with Gasteiger partial charge in [-0.2, -0.15) is 0 Å². The summed E-state index contributed by atoms with van der Waals surface area (Å²) in [4.78, 5) is 14.2. The Morgan fingerprint density at radius 3 is 2.47 bits per heavy atom. The van der Waals surface area contributed by atoms with Crippen molar-refractivity contribution in [2.45, 2.75) is 64.3 Å². The van der Waals surface area contributed by atoms with Crippen LogP contribution in [0.3, 0.4) is 0 Å². The van der Waals surface area contributed by atoms with Gasteiger partial charge in [-0.1, -0.05) is 19.8 Å². The van der Waals surface area contributed by atoms with Crippen molar-refractivity contribution < 1.29 is 9.90 Å². The molecule has 3 heteroatoms. The summed E-state index contributed by atoms with van der Waals surface area (Å²) < 4.78 is 0. The summed E-state index contributed by atoms with van der Waals surface area (Å²) in [5.74, 6) is 1.35. The van der Waals surface area contributed by atoms with Crippen molar-refractivity contribution in [3.05, 3.63) is 0 Å². The molecule has 0 radical (unpaired) electrons. The summed E-state index contributed by atoms with van der Waals surface area (Å²) in [7, 11) is 0. The zero-order valence-electron chi connectivity index (χ0n) is 12.1.